The summed E-state index contributed by atoms with van der Waals surface area (Å²) in [6.07, 6.45) is 7.49. The predicted octanol–water partition coefficient (Wildman–Crippen LogP) is -1.36. The Kier molecular flexibility index (Phi) is 47.8. The van der Waals surface area contributed by atoms with Crippen LogP contribution in [0.25, 0.3) is 0 Å². The first-order chi connectivity index (χ1) is 64.6. The second-order valence-electron chi connectivity index (χ2n) is 35.7. The third-order valence-corrected chi connectivity index (χ3v) is 24.5. The van der Waals surface area contributed by atoms with Crippen molar-refractivity contribution in [3.05, 3.63) is 96.1 Å². The number of ether oxygens (including phenoxy) is 11. The SMILES string of the molecule is C=C1CO[C@@H](CC[C@]2(CO[C@@H]3C(C)CO[C@H]4CC[C@H](CC(=O)C[C@@H]5C[C@@H](C[C@H](O)CNC(=O)CNC(=O)[C@H](Cc6ccccc6)NC(=O)CNC(=O)CNC(=O)CCOCCOCCN(CCOCCOCCCNCC(=O)NCC(=O)N[C@@H](Cc6ccccc6)C(=O)NCC(=O)NC[C@H](C)O)C6CCC(NC(=O)CCOCCN7C(=O)C=CC7=O)CC6)O[C@H]5C)OC34)CC(O)CO2)C1. The summed E-state index contributed by atoms with van der Waals surface area (Å²) in [7, 11) is 0. The van der Waals surface area contributed by atoms with Crippen molar-refractivity contribution in [2.45, 2.75) is 234 Å². The summed E-state index contributed by atoms with van der Waals surface area (Å²) in [4.78, 5) is 170. The molecule has 1 saturated carbocycles. The van der Waals surface area contributed by atoms with Gasteiger partial charge in [0, 0.05) is 114 Å². The van der Waals surface area contributed by atoms with E-state index in [1.807, 2.05) is 13.0 Å². The van der Waals surface area contributed by atoms with E-state index in [-0.39, 0.29) is 202 Å². The van der Waals surface area contributed by atoms with Gasteiger partial charge < -0.3 is 126 Å². The first-order valence-corrected chi connectivity index (χ1v) is 47.3. The number of hydrogen-bond donors (Lipinski definition) is 14. The maximum atomic E-state index is 13.8. The minimum atomic E-state index is -1.17. The number of rotatable bonds is 63. The molecule has 2 aromatic carbocycles. The summed E-state index contributed by atoms with van der Waals surface area (Å²) >= 11 is 0. The van der Waals surface area contributed by atoms with E-state index in [0.29, 0.717) is 110 Å². The van der Waals surface area contributed by atoms with Crippen molar-refractivity contribution in [1.82, 2.24) is 68.3 Å². The largest absolute Gasteiger partial charge is 0.392 e. The van der Waals surface area contributed by atoms with Crippen molar-refractivity contribution in [3.8, 4) is 0 Å². The number of fused-ring (bicyclic) bond motifs is 1. The molecule has 0 bridgehead atoms. The van der Waals surface area contributed by atoms with Crippen LogP contribution in [0.5, 0.6) is 0 Å². The molecule has 40 nitrogen and oxygen atoms in total. The van der Waals surface area contributed by atoms with Gasteiger partial charge in [-0.3, -0.25) is 72.1 Å². The number of hydrogen-bond acceptors (Lipinski definition) is 29. The van der Waals surface area contributed by atoms with Crippen molar-refractivity contribution in [2.75, 3.05) is 171 Å². The highest BCUT2D eigenvalue weighted by atomic mass is 16.6. The molecule has 1 aliphatic carbocycles. The fraction of sp³-hybridized carbons (Fsp3) is 0.691. The zero-order chi connectivity index (χ0) is 96.0. The lowest BCUT2D eigenvalue weighted by Gasteiger charge is -2.46. The molecule has 7 aliphatic rings. The van der Waals surface area contributed by atoms with Gasteiger partial charge in [0.15, 0.2) is 0 Å². The number of amides is 12. The number of benzene rings is 2. The summed E-state index contributed by atoms with van der Waals surface area (Å²) < 4.78 is 67.0. The molecule has 134 heavy (non-hydrogen) atoms. The zero-order valence-electron chi connectivity index (χ0n) is 77.7. The molecule has 9 rings (SSSR count). The molecule has 12 amide bonds. The molecule has 6 fully saturated rings. The van der Waals surface area contributed by atoms with E-state index in [0.717, 1.165) is 61.0 Å². The van der Waals surface area contributed by atoms with Crippen molar-refractivity contribution in [1.29, 1.82) is 0 Å². The van der Waals surface area contributed by atoms with Gasteiger partial charge in [0.25, 0.3) is 11.8 Å². The average molecular weight is 1890 g/mol. The fourth-order valence-electron chi connectivity index (χ4n) is 17.2. The number of carbonyl (C=O) groups excluding carboxylic acids is 13. The third kappa shape index (κ3) is 40.6. The standard InChI is InChI=1S/C94H143N13O27/c1-62-42-74(129-58-62)24-27-94(49-73(111)60-132-94)61-131-90-63(2)59-130-79-21-20-75(134-91(79)90)47-71(109)45-68-46-76(133-65(68)4)48-72(110)51-97-85(117)55-102-93(123)78(44-67-14-9-6-10-15-67)105-87(119)57-100-83(115)53-98-80(112)25-33-126-39-41-128-36-30-106(70-18-16-69(17-19-70)103-81(113)26-34-125-37-31-107-88(120)22-23-89(107)121)29-35-127-40-38-124-32-11-28-95-52-82(114)99-56-86(118)104-77(43-66-12-7-5-8-13-66)92(122)101-54-84(116)96-50-64(3)108/h5-10,12-15,22-23,63-65,68-70,72-79,90-91,95,108,110-111H,1,11,16-21,24-61H2,2-4H3,(H,96,116)(H,97,117)(H,98,112)(H,99,114)(H,100,115)(H,101,122)(H,102,123)(H,103,113)(H,104,118)(H,105,119)/t63?,64-,65-,68+,69?,70?,72-,73?,74-,75+,76-,77-,78-,79-,90+,91?,94+/m0/s1. The van der Waals surface area contributed by atoms with Gasteiger partial charge in [0.2, 0.25) is 59.1 Å². The molecule has 14 N–H and O–H groups in total. The molecule has 0 aromatic heterocycles. The molecule has 5 saturated heterocycles. The Balaban J connectivity index is 0.606. The number of aliphatic hydroxyl groups excluding tert-OH is 3. The quantitative estimate of drug-likeness (QED) is 0.0207. The molecule has 40 heteroatoms. The van der Waals surface area contributed by atoms with E-state index in [2.05, 4.69) is 76.9 Å². The predicted molar refractivity (Wildman–Crippen MR) is 485 cm³/mol. The van der Waals surface area contributed by atoms with Crippen LogP contribution in [0.4, 0.5) is 0 Å². The van der Waals surface area contributed by atoms with Gasteiger partial charge in [0.05, 0.1) is 192 Å². The Hall–Kier alpha value is -9.21. The van der Waals surface area contributed by atoms with Gasteiger partial charge in [-0.15, -0.1) is 0 Å². The van der Waals surface area contributed by atoms with Crippen molar-refractivity contribution >= 4 is 76.7 Å². The van der Waals surface area contributed by atoms with Gasteiger partial charge >= 0.3 is 0 Å². The summed E-state index contributed by atoms with van der Waals surface area (Å²) in [5.74, 6) is -6.29. The van der Waals surface area contributed by atoms with Gasteiger partial charge in [-0.1, -0.05) is 74.2 Å². The van der Waals surface area contributed by atoms with Crippen LogP contribution in [0.3, 0.4) is 0 Å². The van der Waals surface area contributed by atoms with Crippen LogP contribution in [-0.4, -0.2) is 364 Å². The lowest BCUT2D eigenvalue weighted by atomic mass is 9.86. The summed E-state index contributed by atoms with van der Waals surface area (Å²) in [6, 6.07) is 15.8. The Morgan fingerprint density at radius 2 is 1.14 bits per heavy atom. The summed E-state index contributed by atoms with van der Waals surface area (Å²) in [6.45, 7) is 12.9. The van der Waals surface area contributed by atoms with Crippen molar-refractivity contribution < 1.29 is 130 Å². The van der Waals surface area contributed by atoms with Crippen LogP contribution < -0.4 is 58.5 Å². The fourth-order valence-corrected chi connectivity index (χ4v) is 17.2. The second kappa shape index (κ2) is 59.0. The molecule has 3 unspecified atom stereocenters. The molecule has 0 radical (unpaired) electrons. The van der Waals surface area contributed by atoms with Crippen LogP contribution in [0.1, 0.15) is 141 Å². The number of imide groups is 1. The first-order valence-electron chi connectivity index (χ1n) is 47.3. The Labute approximate surface area is 783 Å². The van der Waals surface area contributed by atoms with Crippen LogP contribution in [-0.2, 0) is 127 Å². The number of Topliss-reactive ketones (excluding diaryl/α,β-unsaturated/α-hetero) is 1. The maximum absolute atomic E-state index is 13.8. The zero-order valence-corrected chi connectivity index (χ0v) is 77.7. The third-order valence-electron chi connectivity index (χ3n) is 24.5. The first kappa shape index (κ1) is 108. The smallest absolute Gasteiger partial charge is 0.253 e. The molecule has 0 spiro atoms. The Morgan fingerprint density at radius 3 is 1.74 bits per heavy atom. The van der Waals surface area contributed by atoms with Gasteiger partial charge in [-0.05, 0) is 114 Å². The number of nitrogens with one attached hydrogen (secondary N) is 11. The highest BCUT2D eigenvalue weighted by molar-refractivity contribution is 6.12. The molecule has 6 aliphatic heterocycles. The van der Waals surface area contributed by atoms with E-state index in [1.165, 1.54) is 19.1 Å². The van der Waals surface area contributed by atoms with Gasteiger partial charge in [-0.25, -0.2) is 0 Å². The van der Waals surface area contributed by atoms with E-state index in [9.17, 15) is 77.6 Å². The van der Waals surface area contributed by atoms with Crippen molar-refractivity contribution in [2.24, 2.45) is 11.8 Å². The van der Waals surface area contributed by atoms with Crippen LogP contribution in [0.15, 0.2) is 85.0 Å². The highest BCUT2D eigenvalue weighted by Crippen LogP contribution is 2.40. The lowest BCUT2D eigenvalue weighted by molar-refractivity contribution is -0.243. The van der Waals surface area contributed by atoms with E-state index < -0.39 is 121 Å². The summed E-state index contributed by atoms with van der Waals surface area (Å²) in [5, 5.41) is 60.1. The van der Waals surface area contributed by atoms with E-state index in [4.69, 9.17) is 52.1 Å². The minimum Gasteiger partial charge on any atom is -0.392 e. The van der Waals surface area contributed by atoms with Crippen LogP contribution >= 0.6 is 0 Å². The maximum Gasteiger partial charge on any atom is 0.253 e. The summed E-state index contributed by atoms with van der Waals surface area (Å²) in [5.41, 5.74) is 1.89. The number of carbonyl (C=O) groups is 13. The molecule has 2 aromatic rings. The number of ketones is 1. The lowest BCUT2D eigenvalue weighted by Crippen LogP contribution is -2.56. The Bertz CT molecular complexity index is 4060. The van der Waals surface area contributed by atoms with E-state index in [1.54, 1.807) is 54.6 Å². The molecule has 746 valence electrons. The molecule has 15 atom stereocenters. The number of aliphatic hydroxyl groups is 3. The monoisotopic (exact) mass is 1890 g/mol. The average Bonchev–Trinajstić information content (AvgIpc) is 1.53. The molecular weight excluding hydrogens is 1740 g/mol. The van der Waals surface area contributed by atoms with Crippen molar-refractivity contribution in [3.63, 3.8) is 0 Å². The number of nitrogens with zero attached hydrogens (tertiary/aromatic N) is 2. The Morgan fingerprint density at radius 1 is 0.582 bits per heavy atom. The second-order valence-corrected chi connectivity index (χ2v) is 35.7. The van der Waals surface area contributed by atoms with Crippen LogP contribution in [0, 0.1) is 11.8 Å². The van der Waals surface area contributed by atoms with Gasteiger partial charge in [-0.2, -0.15) is 0 Å². The van der Waals surface area contributed by atoms with E-state index >= 15 is 0 Å². The molecular formula is C94H143N13O27. The van der Waals surface area contributed by atoms with Crippen LogP contribution in [0.2, 0.25) is 0 Å². The minimum absolute atomic E-state index is 0.0118. The highest BCUT2D eigenvalue weighted by Gasteiger charge is 2.48. The normalized spacial score (nSPS) is 24.1. The molecule has 6 heterocycles. The van der Waals surface area contributed by atoms with Gasteiger partial charge in [0.1, 0.15) is 24.0 Å². The topological polar surface area (TPSA) is 523 Å².